The van der Waals surface area contributed by atoms with E-state index in [0.29, 0.717) is 24.8 Å². The van der Waals surface area contributed by atoms with Gasteiger partial charge in [0.2, 0.25) is 5.91 Å². The van der Waals surface area contributed by atoms with Gasteiger partial charge in [0.15, 0.2) is 0 Å². The van der Waals surface area contributed by atoms with Crippen LogP contribution in [-0.4, -0.2) is 34.0 Å². The van der Waals surface area contributed by atoms with E-state index in [1.54, 1.807) is 11.8 Å². The Labute approximate surface area is 114 Å². The molecule has 106 valence electrons. The molecule has 1 N–H and O–H groups in total. The lowest BCUT2D eigenvalue weighted by atomic mass is 9.85. The first-order valence-corrected chi connectivity index (χ1v) is 7.59. The van der Waals surface area contributed by atoms with E-state index in [2.05, 4.69) is 0 Å². The summed E-state index contributed by atoms with van der Waals surface area (Å²) in [6.45, 7) is 2.35. The molecule has 0 aromatic carbocycles. The van der Waals surface area contributed by atoms with Crippen LogP contribution in [0.2, 0.25) is 0 Å². The van der Waals surface area contributed by atoms with Crippen molar-refractivity contribution in [3.63, 3.8) is 0 Å². The lowest BCUT2D eigenvalue weighted by Gasteiger charge is -2.43. The molecule has 1 amide bonds. The van der Waals surface area contributed by atoms with Crippen LogP contribution in [0.3, 0.4) is 0 Å². The average molecular weight is 265 g/mol. The van der Waals surface area contributed by atoms with E-state index in [-0.39, 0.29) is 11.8 Å². The molecular weight excluding hydrogens is 242 g/mol. The molecule has 0 bridgehead atoms. The molecule has 0 aromatic rings. The monoisotopic (exact) mass is 265 g/mol. The molecule has 3 aliphatic rings. The summed E-state index contributed by atoms with van der Waals surface area (Å²) >= 11 is 0. The van der Waals surface area contributed by atoms with Gasteiger partial charge in [0.05, 0.1) is 0 Å². The van der Waals surface area contributed by atoms with Gasteiger partial charge in [-0.05, 0) is 63.7 Å². The number of hydrogen-bond acceptors (Lipinski definition) is 2. The normalized spacial score (nSPS) is 31.6. The Kier molecular flexibility index (Phi) is 3.06. The maximum atomic E-state index is 12.8. The Balaban J connectivity index is 1.81. The Morgan fingerprint density at radius 1 is 1.16 bits per heavy atom. The van der Waals surface area contributed by atoms with Crippen LogP contribution in [0.15, 0.2) is 0 Å². The summed E-state index contributed by atoms with van der Waals surface area (Å²) in [5.74, 6) is 0.497. The van der Waals surface area contributed by atoms with Crippen molar-refractivity contribution in [2.24, 2.45) is 17.8 Å². The molecule has 0 spiro atoms. The van der Waals surface area contributed by atoms with Crippen molar-refractivity contribution in [3.8, 4) is 0 Å². The topological polar surface area (TPSA) is 57.6 Å². The van der Waals surface area contributed by atoms with Gasteiger partial charge in [-0.3, -0.25) is 4.79 Å². The quantitative estimate of drug-likeness (QED) is 0.848. The number of hydrogen-bond donors (Lipinski definition) is 1. The average Bonchev–Trinajstić information content (AvgIpc) is 3.24. The van der Waals surface area contributed by atoms with Crippen LogP contribution in [0.4, 0.5) is 0 Å². The predicted molar refractivity (Wildman–Crippen MR) is 70.5 cm³/mol. The maximum Gasteiger partial charge on any atom is 0.329 e. The Morgan fingerprint density at radius 2 is 1.74 bits per heavy atom. The van der Waals surface area contributed by atoms with E-state index in [0.717, 1.165) is 38.5 Å². The van der Waals surface area contributed by atoms with Gasteiger partial charge in [-0.25, -0.2) is 4.79 Å². The molecule has 1 saturated heterocycles. The van der Waals surface area contributed by atoms with Crippen molar-refractivity contribution in [2.75, 3.05) is 6.54 Å². The van der Waals surface area contributed by atoms with E-state index < -0.39 is 11.5 Å². The van der Waals surface area contributed by atoms with Crippen molar-refractivity contribution >= 4 is 11.9 Å². The third kappa shape index (κ3) is 2.26. The highest BCUT2D eigenvalue weighted by molar-refractivity contribution is 5.88. The Hall–Kier alpha value is -1.06. The van der Waals surface area contributed by atoms with Crippen LogP contribution in [-0.2, 0) is 9.59 Å². The second-order valence-corrected chi connectivity index (χ2v) is 6.73. The largest absolute Gasteiger partial charge is 0.480 e. The predicted octanol–water partition coefficient (Wildman–Crippen LogP) is 2.28. The van der Waals surface area contributed by atoms with Crippen LogP contribution in [0.5, 0.6) is 0 Å². The van der Waals surface area contributed by atoms with Crippen LogP contribution >= 0.6 is 0 Å². The van der Waals surface area contributed by atoms with Crippen LogP contribution < -0.4 is 0 Å². The fourth-order valence-electron chi connectivity index (χ4n) is 3.58. The maximum absolute atomic E-state index is 12.8. The zero-order valence-corrected chi connectivity index (χ0v) is 11.6. The van der Waals surface area contributed by atoms with Gasteiger partial charge in [0.25, 0.3) is 0 Å². The lowest BCUT2D eigenvalue weighted by molar-refractivity contribution is -0.163. The molecule has 2 saturated carbocycles. The number of nitrogens with zero attached hydrogens (tertiary/aromatic N) is 1. The van der Waals surface area contributed by atoms with Crippen LogP contribution in [0.25, 0.3) is 0 Å². The molecule has 3 fully saturated rings. The number of piperidine rings is 1. The Morgan fingerprint density at radius 3 is 2.21 bits per heavy atom. The summed E-state index contributed by atoms with van der Waals surface area (Å²) in [6, 6.07) is 0. The van der Waals surface area contributed by atoms with E-state index in [1.807, 2.05) is 0 Å². The first-order valence-electron chi connectivity index (χ1n) is 7.59. The van der Waals surface area contributed by atoms with Gasteiger partial charge >= 0.3 is 5.97 Å². The summed E-state index contributed by atoms with van der Waals surface area (Å²) in [6.07, 6.45) is 7.07. The number of carboxylic acids is 1. The number of carbonyl (C=O) groups excluding carboxylic acids is 1. The van der Waals surface area contributed by atoms with Crippen molar-refractivity contribution in [1.29, 1.82) is 0 Å². The molecule has 19 heavy (non-hydrogen) atoms. The minimum atomic E-state index is -0.975. The van der Waals surface area contributed by atoms with E-state index in [1.165, 1.54) is 0 Å². The van der Waals surface area contributed by atoms with Gasteiger partial charge in [0, 0.05) is 12.5 Å². The summed E-state index contributed by atoms with van der Waals surface area (Å²) in [7, 11) is 0. The second kappa shape index (κ2) is 4.50. The molecule has 1 heterocycles. The van der Waals surface area contributed by atoms with Crippen molar-refractivity contribution < 1.29 is 14.7 Å². The minimum Gasteiger partial charge on any atom is -0.480 e. The van der Waals surface area contributed by atoms with E-state index in [9.17, 15) is 14.7 Å². The van der Waals surface area contributed by atoms with Crippen LogP contribution in [0.1, 0.15) is 51.9 Å². The number of aliphatic carboxylic acids is 1. The molecule has 4 heteroatoms. The van der Waals surface area contributed by atoms with Gasteiger partial charge in [-0.2, -0.15) is 0 Å². The third-order valence-electron chi connectivity index (χ3n) is 5.16. The fourth-order valence-corrected chi connectivity index (χ4v) is 3.58. The molecule has 1 atom stereocenters. The fraction of sp³-hybridized carbons (Fsp3) is 0.867. The smallest absolute Gasteiger partial charge is 0.329 e. The van der Waals surface area contributed by atoms with Gasteiger partial charge in [0.1, 0.15) is 5.54 Å². The number of amides is 1. The highest BCUT2D eigenvalue weighted by Gasteiger charge is 2.51. The minimum absolute atomic E-state index is 0.122. The van der Waals surface area contributed by atoms with E-state index >= 15 is 0 Å². The molecule has 1 unspecified atom stereocenters. The Bertz CT molecular complexity index is 388. The van der Waals surface area contributed by atoms with Gasteiger partial charge < -0.3 is 10.0 Å². The third-order valence-corrected chi connectivity index (χ3v) is 5.16. The van der Waals surface area contributed by atoms with Crippen molar-refractivity contribution in [3.05, 3.63) is 0 Å². The van der Waals surface area contributed by atoms with Crippen molar-refractivity contribution in [1.82, 2.24) is 4.90 Å². The summed E-state index contributed by atoms with van der Waals surface area (Å²) in [5, 5.41) is 9.51. The first-order chi connectivity index (χ1) is 9.04. The van der Waals surface area contributed by atoms with E-state index in [4.69, 9.17) is 0 Å². The zero-order valence-electron chi connectivity index (χ0n) is 11.6. The highest BCUT2D eigenvalue weighted by Crippen LogP contribution is 2.50. The van der Waals surface area contributed by atoms with Gasteiger partial charge in [-0.1, -0.05) is 0 Å². The number of carbonyl (C=O) groups is 2. The summed E-state index contributed by atoms with van der Waals surface area (Å²) < 4.78 is 0. The van der Waals surface area contributed by atoms with Gasteiger partial charge in [-0.15, -0.1) is 0 Å². The number of carboxylic acid groups (broad SMARTS) is 1. The summed E-state index contributed by atoms with van der Waals surface area (Å²) in [5.41, 5.74) is -0.975. The lowest BCUT2D eigenvalue weighted by Crippen LogP contribution is -2.59. The molecule has 3 rings (SSSR count). The molecule has 0 radical (unpaired) electrons. The zero-order chi connectivity index (χ0) is 13.6. The number of likely N-dealkylation sites (tertiary alicyclic amines) is 1. The highest BCUT2D eigenvalue weighted by atomic mass is 16.4. The number of rotatable bonds is 4. The standard InChI is InChI=1S/C15H23NO3/c1-15(14(18)19)8-2-3-9-16(15)13(17)12(10-4-5-10)11-6-7-11/h10-12H,2-9H2,1H3,(H,18,19). The SMILES string of the molecule is CC1(C(=O)O)CCCCN1C(=O)C(C1CC1)C1CC1. The van der Waals surface area contributed by atoms with Crippen LogP contribution in [0, 0.1) is 17.8 Å². The van der Waals surface area contributed by atoms with Crippen molar-refractivity contribution in [2.45, 2.75) is 57.4 Å². The molecule has 1 aliphatic heterocycles. The second-order valence-electron chi connectivity index (χ2n) is 6.73. The molecule has 2 aliphatic carbocycles. The molecular formula is C15H23NO3. The molecule has 0 aromatic heterocycles. The molecule has 4 nitrogen and oxygen atoms in total. The summed E-state index contributed by atoms with van der Waals surface area (Å²) in [4.78, 5) is 26.1. The first kappa shape index (κ1) is 12.9.